The molecule has 0 amide bonds. The Morgan fingerprint density at radius 3 is 2.68 bits per heavy atom. The van der Waals surface area contributed by atoms with Crippen molar-refractivity contribution in [2.45, 2.75) is 64.5 Å². The molecule has 0 spiro atoms. The molecular weight excluding hydrogens is 237 g/mol. The first-order valence-electron chi connectivity index (χ1n) is 7.57. The maximum atomic E-state index is 14.6. The Balaban J connectivity index is 2.27. The van der Waals surface area contributed by atoms with Gasteiger partial charge >= 0.3 is 0 Å². The molecule has 0 aromatic carbocycles. The van der Waals surface area contributed by atoms with Gasteiger partial charge in [0.05, 0.1) is 6.07 Å². The summed E-state index contributed by atoms with van der Waals surface area (Å²) in [6.07, 6.45) is 14.1. The Kier molecular flexibility index (Phi) is 6.84. The molecule has 0 aromatic heterocycles. The largest absolute Gasteiger partial charge is 0.238 e. The second kappa shape index (κ2) is 8.15. The summed E-state index contributed by atoms with van der Waals surface area (Å²) < 4.78 is 14.6. The summed E-state index contributed by atoms with van der Waals surface area (Å²) in [5.74, 6) is 0.124. The van der Waals surface area contributed by atoms with Gasteiger partial charge in [-0.1, -0.05) is 64.2 Å². The third kappa shape index (κ3) is 5.19. The molecule has 0 fully saturated rings. The summed E-state index contributed by atoms with van der Waals surface area (Å²) in [6.45, 7) is 4.49. The van der Waals surface area contributed by atoms with Gasteiger partial charge in [0, 0.05) is 0 Å². The first-order valence-corrected chi connectivity index (χ1v) is 7.57. The molecule has 1 aliphatic carbocycles. The van der Waals surface area contributed by atoms with Crippen LogP contribution in [0.25, 0.3) is 0 Å². The van der Waals surface area contributed by atoms with Crippen LogP contribution >= 0.6 is 0 Å². The molecule has 2 heteroatoms. The van der Waals surface area contributed by atoms with Gasteiger partial charge in [0.15, 0.2) is 0 Å². The number of nitrogens with zero attached hydrogens (tertiary/aromatic N) is 1. The average Bonchev–Trinajstić information content (AvgIpc) is 2.42. The van der Waals surface area contributed by atoms with Crippen LogP contribution in [0.5, 0.6) is 0 Å². The topological polar surface area (TPSA) is 23.8 Å². The fraction of sp³-hybridized carbons (Fsp3) is 0.706. The molecule has 3 unspecified atom stereocenters. The molecule has 0 bridgehead atoms. The molecule has 0 aromatic rings. The lowest BCUT2D eigenvalue weighted by molar-refractivity contribution is 0.173. The van der Waals surface area contributed by atoms with E-state index in [-0.39, 0.29) is 0 Å². The van der Waals surface area contributed by atoms with E-state index in [0.29, 0.717) is 6.42 Å². The first-order chi connectivity index (χ1) is 9.12. The number of alkyl halides is 1. The Morgan fingerprint density at radius 2 is 2.00 bits per heavy atom. The summed E-state index contributed by atoms with van der Waals surface area (Å²) in [6, 6.07) is 2.06. The predicted octanol–water partition coefficient (Wildman–Crippen LogP) is 5.35. The maximum Gasteiger partial charge on any atom is 0.148 e. The lowest BCUT2D eigenvalue weighted by Crippen LogP contribution is -2.30. The van der Waals surface area contributed by atoms with E-state index in [2.05, 4.69) is 19.9 Å². The van der Waals surface area contributed by atoms with Crippen LogP contribution in [0.1, 0.15) is 58.8 Å². The number of allylic oxidation sites excluding steroid dienone is 4. The number of halogens is 1. The van der Waals surface area contributed by atoms with Gasteiger partial charge in [0.1, 0.15) is 11.6 Å². The monoisotopic (exact) mass is 263 g/mol. The summed E-state index contributed by atoms with van der Waals surface area (Å²) >= 11 is 0. The zero-order chi connectivity index (χ0) is 14.1. The van der Waals surface area contributed by atoms with E-state index in [0.717, 1.165) is 18.8 Å². The van der Waals surface area contributed by atoms with Crippen LogP contribution in [0.4, 0.5) is 4.39 Å². The fourth-order valence-electron chi connectivity index (χ4n) is 2.63. The Morgan fingerprint density at radius 1 is 1.26 bits per heavy atom. The van der Waals surface area contributed by atoms with Crippen molar-refractivity contribution in [1.29, 1.82) is 5.26 Å². The van der Waals surface area contributed by atoms with E-state index >= 15 is 0 Å². The number of unbranched alkanes of at least 4 members (excludes halogenated alkanes) is 2. The van der Waals surface area contributed by atoms with Gasteiger partial charge in [-0.25, -0.2) is 4.39 Å². The Hall–Kier alpha value is -1.10. The molecule has 0 N–H and O–H groups in total. The molecule has 106 valence electrons. The molecule has 0 saturated heterocycles. The van der Waals surface area contributed by atoms with E-state index in [1.165, 1.54) is 25.7 Å². The summed E-state index contributed by atoms with van der Waals surface area (Å²) in [5, 5.41) is 8.99. The van der Waals surface area contributed by atoms with Crippen molar-refractivity contribution < 1.29 is 4.39 Å². The van der Waals surface area contributed by atoms with E-state index in [4.69, 9.17) is 5.26 Å². The van der Waals surface area contributed by atoms with Gasteiger partial charge < -0.3 is 0 Å². The van der Waals surface area contributed by atoms with Crippen LogP contribution < -0.4 is 0 Å². The zero-order valence-corrected chi connectivity index (χ0v) is 12.2. The predicted molar refractivity (Wildman–Crippen MR) is 78.4 cm³/mol. The van der Waals surface area contributed by atoms with Gasteiger partial charge in [-0.3, -0.25) is 0 Å². The van der Waals surface area contributed by atoms with Gasteiger partial charge in [0.2, 0.25) is 0 Å². The molecule has 3 atom stereocenters. The molecule has 0 aliphatic heterocycles. The SMILES string of the molecule is CCCCC(C)CCCCC1(F)C=CC=CC1C#N. The Labute approximate surface area is 117 Å². The van der Waals surface area contributed by atoms with Crippen LogP contribution in [0.15, 0.2) is 24.3 Å². The smallest absolute Gasteiger partial charge is 0.148 e. The minimum absolute atomic E-state index is 0.465. The van der Waals surface area contributed by atoms with Gasteiger partial charge in [-0.2, -0.15) is 5.26 Å². The van der Waals surface area contributed by atoms with Crippen LogP contribution in [0, 0.1) is 23.2 Å². The quantitative estimate of drug-likeness (QED) is 0.542. The van der Waals surface area contributed by atoms with Gasteiger partial charge in [-0.05, 0) is 24.8 Å². The minimum atomic E-state index is -1.45. The standard InChI is InChI=1S/C17H26FN/c1-3-4-9-15(2)10-5-7-12-17(18)13-8-6-11-16(17)14-19/h6,8,11,13,15-16H,3-5,7,9-10,12H2,1-2H3. The number of rotatable bonds is 8. The average molecular weight is 263 g/mol. The number of nitriles is 1. The third-order valence-corrected chi connectivity index (χ3v) is 4.00. The normalized spacial score (nSPS) is 27.2. The molecule has 1 nitrogen and oxygen atoms in total. The van der Waals surface area contributed by atoms with Crippen molar-refractivity contribution in [3.63, 3.8) is 0 Å². The molecule has 1 aliphatic rings. The van der Waals surface area contributed by atoms with E-state index in [1.807, 2.05) is 0 Å². The molecule has 19 heavy (non-hydrogen) atoms. The molecule has 0 radical (unpaired) electrons. The molecule has 0 heterocycles. The van der Waals surface area contributed by atoms with Crippen molar-refractivity contribution in [3.05, 3.63) is 24.3 Å². The summed E-state index contributed by atoms with van der Waals surface area (Å²) in [5.41, 5.74) is -1.45. The van der Waals surface area contributed by atoms with Crippen LogP contribution in [0.3, 0.4) is 0 Å². The highest BCUT2D eigenvalue weighted by molar-refractivity contribution is 5.26. The molecular formula is C17H26FN. The number of hydrogen-bond acceptors (Lipinski definition) is 1. The van der Waals surface area contributed by atoms with Crippen molar-refractivity contribution in [2.24, 2.45) is 11.8 Å². The number of hydrogen-bond donors (Lipinski definition) is 0. The van der Waals surface area contributed by atoms with Crippen molar-refractivity contribution in [1.82, 2.24) is 0 Å². The second-order valence-corrected chi connectivity index (χ2v) is 5.77. The van der Waals surface area contributed by atoms with Gasteiger partial charge in [0.25, 0.3) is 0 Å². The van der Waals surface area contributed by atoms with Crippen molar-refractivity contribution >= 4 is 0 Å². The van der Waals surface area contributed by atoms with Gasteiger partial charge in [-0.15, -0.1) is 0 Å². The lowest BCUT2D eigenvalue weighted by atomic mass is 9.82. The van der Waals surface area contributed by atoms with E-state index < -0.39 is 11.6 Å². The van der Waals surface area contributed by atoms with Crippen LogP contribution in [0.2, 0.25) is 0 Å². The summed E-state index contributed by atoms with van der Waals surface area (Å²) in [4.78, 5) is 0. The zero-order valence-electron chi connectivity index (χ0n) is 12.2. The highest BCUT2D eigenvalue weighted by atomic mass is 19.1. The third-order valence-electron chi connectivity index (χ3n) is 4.00. The highest BCUT2D eigenvalue weighted by Gasteiger charge is 2.35. The molecule has 1 rings (SSSR count). The maximum absolute atomic E-state index is 14.6. The second-order valence-electron chi connectivity index (χ2n) is 5.77. The fourth-order valence-corrected chi connectivity index (χ4v) is 2.63. The van der Waals surface area contributed by atoms with E-state index in [1.54, 1.807) is 24.3 Å². The van der Waals surface area contributed by atoms with Crippen molar-refractivity contribution in [3.8, 4) is 6.07 Å². The minimum Gasteiger partial charge on any atom is -0.238 e. The van der Waals surface area contributed by atoms with Crippen molar-refractivity contribution in [2.75, 3.05) is 0 Å². The highest BCUT2D eigenvalue weighted by Crippen LogP contribution is 2.33. The van der Waals surface area contributed by atoms with E-state index in [9.17, 15) is 4.39 Å². The van der Waals surface area contributed by atoms with Crippen LogP contribution in [-0.4, -0.2) is 5.67 Å². The Bertz CT molecular complexity index is 353. The lowest BCUT2D eigenvalue weighted by Gasteiger charge is -2.26. The first kappa shape index (κ1) is 16.0. The van der Waals surface area contributed by atoms with Crippen LogP contribution in [-0.2, 0) is 0 Å². The molecule has 0 saturated carbocycles. The summed E-state index contributed by atoms with van der Waals surface area (Å²) in [7, 11) is 0.